The number of rotatable bonds is 5. The largest absolute Gasteiger partial charge is 0.457 e. The lowest BCUT2D eigenvalue weighted by Gasteiger charge is -2.45. The Morgan fingerprint density at radius 2 is 1.97 bits per heavy atom. The van der Waals surface area contributed by atoms with Gasteiger partial charge in [0.15, 0.2) is 5.82 Å². The number of imidazole rings is 1. The van der Waals surface area contributed by atoms with Crippen LogP contribution in [-0.2, 0) is 11.8 Å². The summed E-state index contributed by atoms with van der Waals surface area (Å²) in [5.41, 5.74) is 5.23. The lowest BCUT2D eigenvalue weighted by molar-refractivity contribution is -0.0231. The molecule has 0 amide bonds. The summed E-state index contributed by atoms with van der Waals surface area (Å²) in [6.07, 6.45) is 7.56. The molecule has 1 N–H and O–H groups in total. The highest BCUT2D eigenvalue weighted by Crippen LogP contribution is 2.32. The molecule has 10 nitrogen and oxygen atoms in total. The summed E-state index contributed by atoms with van der Waals surface area (Å²) in [5.74, 6) is 2.87. The van der Waals surface area contributed by atoms with Crippen molar-refractivity contribution >= 4 is 39.5 Å². The van der Waals surface area contributed by atoms with Crippen molar-refractivity contribution in [2.24, 2.45) is 7.05 Å². The summed E-state index contributed by atoms with van der Waals surface area (Å²) in [4.78, 5) is 25.0. The minimum Gasteiger partial charge on any atom is -0.457 e. The van der Waals surface area contributed by atoms with E-state index in [0.717, 1.165) is 59.8 Å². The minimum atomic E-state index is 0.253. The van der Waals surface area contributed by atoms with Crippen molar-refractivity contribution in [2.75, 3.05) is 23.4 Å². The first-order valence-electron chi connectivity index (χ1n) is 12.4. The van der Waals surface area contributed by atoms with Gasteiger partial charge in [0.25, 0.3) is 0 Å². The SMILES string of the molecule is Cc1cc(Nc2ncnc3cnc(N4C[C@H]5CC[C@@H]4CO5)nc23)ccc1Oc1ccc2c(c1)ncn2C. The number of anilines is 3. The molecule has 0 unspecified atom stereocenters. The first-order valence-corrected chi connectivity index (χ1v) is 12.4. The van der Waals surface area contributed by atoms with Crippen LogP contribution in [0.4, 0.5) is 17.5 Å². The molecule has 0 spiro atoms. The molecule has 3 aliphatic heterocycles. The third-order valence-electron chi connectivity index (χ3n) is 7.17. The number of aryl methyl sites for hydroxylation is 2. The van der Waals surface area contributed by atoms with Crippen molar-refractivity contribution in [3.05, 3.63) is 60.8 Å². The van der Waals surface area contributed by atoms with Crippen LogP contribution in [-0.4, -0.2) is 54.8 Å². The summed E-state index contributed by atoms with van der Waals surface area (Å²) >= 11 is 0. The zero-order valence-electron chi connectivity index (χ0n) is 20.6. The molecule has 2 bridgehead atoms. The van der Waals surface area contributed by atoms with Gasteiger partial charge in [0.1, 0.15) is 28.9 Å². The molecule has 0 radical (unpaired) electrons. The Balaban J connectivity index is 1.14. The van der Waals surface area contributed by atoms with Gasteiger partial charge in [-0.1, -0.05) is 0 Å². The van der Waals surface area contributed by atoms with E-state index < -0.39 is 0 Å². The first kappa shape index (κ1) is 21.9. The molecule has 186 valence electrons. The second-order valence-corrected chi connectivity index (χ2v) is 9.68. The highest BCUT2D eigenvalue weighted by Gasteiger charge is 2.36. The molecular formula is C27H26N8O2. The van der Waals surface area contributed by atoms with E-state index >= 15 is 0 Å². The standard InChI is InChI=1S/C27H26N8O2/c1-16-9-17(3-8-24(16)37-19-6-7-23-21(10-19)31-15-34(23)2)32-26-25-22(29-14-30-26)11-28-27(33-25)35-12-20-5-4-18(35)13-36-20/h3,6-11,14-15,18,20H,4-5,12-13H2,1-2H3,(H,29,30,32)/t18-,20-/m1/s1. The van der Waals surface area contributed by atoms with Crippen LogP contribution in [0.15, 0.2) is 55.2 Å². The normalized spacial score (nSPS) is 19.0. The van der Waals surface area contributed by atoms with Crippen LogP contribution in [0.5, 0.6) is 11.5 Å². The molecule has 2 aromatic carbocycles. The van der Waals surface area contributed by atoms with Crippen LogP contribution in [0.3, 0.4) is 0 Å². The highest BCUT2D eigenvalue weighted by molar-refractivity contribution is 5.87. The lowest BCUT2D eigenvalue weighted by atomic mass is 9.97. The van der Waals surface area contributed by atoms with Crippen molar-refractivity contribution in [3.8, 4) is 11.5 Å². The summed E-state index contributed by atoms with van der Waals surface area (Å²) < 4.78 is 14.0. The number of aromatic nitrogens is 6. The number of benzene rings is 2. The fraction of sp³-hybridized carbons (Fsp3) is 0.296. The summed E-state index contributed by atoms with van der Waals surface area (Å²) in [6.45, 7) is 3.57. The average Bonchev–Trinajstić information content (AvgIpc) is 3.30. The predicted molar refractivity (Wildman–Crippen MR) is 140 cm³/mol. The predicted octanol–water partition coefficient (Wildman–Crippen LogP) is 4.52. The lowest BCUT2D eigenvalue weighted by Crippen LogP contribution is -2.55. The Morgan fingerprint density at radius 3 is 2.78 bits per heavy atom. The molecule has 8 rings (SSSR count). The molecule has 2 atom stereocenters. The summed E-state index contributed by atoms with van der Waals surface area (Å²) in [6, 6.07) is 12.2. The van der Waals surface area contributed by atoms with E-state index in [1.165, 1.54) is 6.33 Å². The number of fused-ring (bicyclic) bond motifs is 5. The third kappa shape index (κ3) is 3.99. The van der Waals surface area contributed by atoms with Gasteiger partial charge in [-0.05, 0) is 55.7 Å². The molecule has 10 heteroatoms. The maximum absolute atomic E-state index is 6.17. The van der Waals surface area contributed by atoms with Crippen molar-refractivity contribution in [3.63, 3.8) is 0 Å². The molecule has 3 aromatic heterocycles. The molecule has 0 aliphatic carbocycles. The smallest absolute Gasteiger partial charge is 0.226 e. The molecule has 3 fully saturated rings. The molecule has 6 heterocycles. The number of nitrogens with one attached hydrogen (secondary N) is 1. The molecule has 5 aromatic rings. The van der Waals surface area contributed by atoms with Crippen LogP contribution in [0.2, 0.25) is 0 Å². The van der Waals surface area contributed by atoms with Gasteiger partial charge in [-0.15, -0.1) is 0 Å². The van der Waals surface area contributed by atoms with Crippen LogP contribution >= 0.6 is 0 Å². The Labute approximate surface area is 213 Å². The van der Waals surface area contributed by atoms with Crippen LogP contribution in [0, 0.1) is 6.92 Å². The number of morpholine rings is 1. The van der Waals surface area contributed by atoms with Gasteiger partial charge in [0.05, 0.1) is 42.3 Å². The number of nitrogens with zero attached hydrogens (tertiary/aromatic N) is 7. The Morgan fingerprint density at radius 1 is 1.03 bits per heavy atom. The topological polar surface area (TPSA) is 103 Å². The van der Waals surface area contributed by atoms with Crippen molar-refractivity contribution in [2.45, 2.75) is 31.9 Å². The molecule has 37 heavy (non-hydrogen) atoms. The maximum Gasteiger partial charge on any atom is 0.226 e. The fourth-order valence-electron chi connectivity index (χ4n) is 5.15. The second-order valence-electron chi connectivity index (χ2n) is 9.68. The van der Waals surface area contributed by atoms with Gasteiger partial charge in [0, 0.05) is 25.3 Å². The van der Waals surface area contributed by atoms with Gasteiger partial charge < -0.3 is 24.3 Å². The van der Waals surface area contributed by atoms with Gasteiger partial charge in [-0.2, -0.15) is 0 Å². The number of hydrogen-bond acceptors (Lipinski definition) is 9. The fourth-order valence-corrected chi connectivity index (χ4v) is 5.15. The Kier molecular flexibility index (Phi) is 5.14. The van der Waals surface area contributed by atoms with Crippen LogP contribution in [0.25, 0.3) is 22.1 Å². The van der Waals surface area contributed by atoms with E-state index in [-0.39, 0.29) is 6.10 Å². The summed E-state index contributed by atoms with van der Waals surface area (Å²) in [7, 11) is 1.98. The highest BCUT2D eigenvalue weighted by atomic mass is 16.5. The van der Waals surface area contributed by atoms with E-state index in [0.29, 0.717) is 28.8 Å². The van der Waals surface area contributed by atoms with E-state index in [1.807, 2.05) is 54.9 Å². The van der Waals surface area contributed by atoms with Gasteiger partial charge in [-0.3, -0.25) is 0 Å². The van der Waals surface area contributed by atoms with E-state index in [2.05, 4.69) is 30.2 Å². The molecular weight excluding hydrogens is 468 g/mol. The van der Waals surface area contributed by atoms with Gasteiger partial charge in [-0.25, -0.2) is 24.9 Å². The number of hydrogen-bond donors (Lipinski definition) is 1. The van der Waals surface area contributed by atoms with Crippen LogP contribution in [0.1, 0.15) is 18.4 Å². The van der Waals surface area contributed by atoms with E-state index in [9.17, 15) is 0 Å². The van der Waals surface area contributed by atoms with Crippen molar-refractivity contribution in [1.82, 2.24) is 29.5 Å². The number of piperidine rings is 1. The Bertz CT molecular complexity index is 1630. The Hall–Kier alpha value is -4.31. The summed E-state index contributed by atoms with van der Waals surface area (Å²) in [5, 5.41) is 3.42. The minimum absolute atomic E-state index is 0.253. The molecule has 3 aliphatic rings. The zero-order valence-corrected chi connectivity index (χ0v) is 20.6. The monoisotopic (exact) mass is 494 g/mol. The second kappa shape index (κ2) is 8.67. The number of ether oxygens (including phenoxy) is 2. The maximum atomic E-state index is 6.17. The quantitative estimate of drug-likeness (QED) is 0.378. The average molecular weight is 495 g/mol. The van der Waals surface area contributed by atoms with Gasteiger partial charge >= 0.3 is 0 Å². The third-order valence-corrected chi connectivity index (χ3v) is 7.17. The van der Waals surface area contributed by atoms with Crippen molar-refractivity contribution < 1.29 is 9.47 Å². The zero-order chi connectivity index (χ0) is 24.9. The van der Waals surface area contributed by atoms with Crippen molar-refractivity contribution in [1.29, 1.82) is 0 Å². The first-order chi connectivity index (χ1) is 18.1. The molecule has 3 saturated heterocycles. The molecule has 0 saturated carbocycles. The van der Waals surface area contributed by atoms with E-state index in [1.54, 1.807) is 12.5 Å². The van der Waals surface area contributed by atoms with E-state index in [4.69, 9.17) is 14.5 Å². The van der Waals surface area contributed by atoms with Gasteiger partial charge in [0.2, 0.25) is 5.95 Å². The van der Waals surface area contributed by atoms with Crippen LogP contribution < -0.4 is 15.0 Å².